The molecule has 6 nitrogen and oxygen atoms in total. The van der Waals surface area contributed by atoms with E-state index in [1.54, 1.807) is 0 Å². The van der Waals surface area contributed by atoms with Gasteiger partial charge >= 0.3 is 0 Å². The minimum absolute atomic E-state index is 0. The Morgan fingerprint density at radius 3 is 2.50 bits per heavy atom. The summed E-state index contributed by atoms with van der Waals surface area (Å²) in [4.78, 5) is 23.5. The standard InChI is InChI=1S/C19H29N3O3.ClH/c1-3-13(2)18(20)19(24)21-11-10-14-4-8-16(9-5-14)25-12-17(23)22-15-6-7-15;/h4-5,8-9,13,15,18H,3,6-7,10-12,20H2,1-2H3,(H,21,24)(H,22,23);1H. The number of nitrogens with two attached hydrogens (primary N) is 1. The number of rotatable bonds is 10. The highest BCUT2D eigenvalue weighted by Gasteiger charge is 2.23. The molecule has 0 aliphatic heterocycles. The second-order valence-electron chi connectivity index (χ2n) is 6.73. The summed E-state index contributed by atoms with van der Waals surface area (Å²) in [6.07, 6.45) is 3.74. The number of carbonyl (C=O) groups excluding carboxylic acids is 2. The molecule has 1 saturated carbocycles. The van der Waals surface area contributed by atoms with Gasteiger partial charge in [-0.1, -0.05) is 32.4 Å². The van der Waals surface area contributed by atoms with Crippen molar-refractivity contribution < 1.29 is 14.3 Å². The van der Waals surface area contributed by atoms with Crippen LogP contribution in [0.1, 0.15) is 38.7 Å². The van der Waals surface area contributed by atoms with Gasteiger partial charge in [0.25, 0.3) is 5.91 Å². The van der Waals surface area contributed by atoms with Crippen LogP contribution in [0.3, 0.4) is 0 Å². The van der Waals surface area contributed by atoms with E-state index in [-0.39, 0.29) is 36.7 Å². The first-order valence-corrected chi connectivity index (χ1v) is 9.04. The Morgan fingerprint density at radius 1 is 1.27 bits per heavy atom. The maximum Gasteiger partial charge on any atom is 0.258 e. The van der Waals surface area contributed by atoms with Crippen LogP contribution in [0.25, 0.3) is 0 Å². The molecule has 1 aromatic rings. The van der Waals surface area contributed by atoms with E-state index in [9.17, 15) is 9.59 Å². The molecule has 0 saturated heterocycles. The molecule has 4 N–H and O–H groups in total. The molecule has 0 spiro atoms. The molecular formula is C19H30ClN3O3. The first kappa shape index (κ1) is 22.3. The number of hydrogen-bond acceptors (Lipinski definition) is 4. The predicted molar refractivity (Wildman–Crippen MR) is 104 cm³/mol. The predicted octanol–water partition coefficient (Wildman–Crippen LogP) is 1.80. The lowest BCUT2D eigenvalue weighted by atomic mass is 9.99. The van der Waals surface area contributed by atoms with Crippen molar-refractivity contribution in [3.05, 3.63) is 29.8 Å². The van der Waals surface area contributed by atoms with Gasteiger partial charge in [-0.3, -0.25) is 9.59 Å². The minimum Gasteiger partial charge on any atom is -0.484 e. The third-order valence-corrected chi connectivity index (χ3v) is 4.51. The Kier molecular flexibility index (Phi) is 9.44. The van der Waals surface area contributed by atoms with E-state index in [1.165, 1.54) is 0 Å². The van der Waals surface area contributed by atoms with Gasteiger partial charge in [0, 0.05) is 12.6 Å². The minimum atomic E-state index is -0.456. The molecule has 1 aromatic carbocycles. The average Bonchev–Trinajstić information content (AvgIpc) is 3.43. The maximum absolute atomic E-state index is 11.9. The third-order valence-electron chi connectivity index (χ3n) is 4.51. The maximum atomic E-state index is 11.9. The van der Waals surface area contributed by atoms with E-state index < -0.39 is 6.04 Å². The van der Waals surface area contributed by atoms with E-state index in [0.29, 0.717) is 18.3 Å². The van der Waals surface area contributed by atoms with Crippen molar-refractivity contribution in [2.24, 2.45) is 11.7 Å². The lowest BCUT2D eigenvalue weighted by Crippen LogP contribution is -2.45. The highest BCUT2D eigenvalue weighted by atomic mass is 35.5. The number of hydrogen-bond donors (Lipinski definition) is 3. The van der Waals surface area contributed by atoms with Gasteiger partial charge in [-0.2, -0.15) is 0 Å². The molecular weight excluding hydrogens is 354 g/mol. The molecule has 2 atom stereocenters. The Labute approximate surface area is 161 Å². The number of halogens is 1. The van der Waals surface area contributed by atoms with E-state index in [4.69, 9.17) is 10.5 Å². The number of ether oxygens (including phenoxy) is 1. The van der Waals surface area contributed by atoms with E-state index in [2.05, 4.69) is 10.6 Å². The van der Waals surface area contributed by atoms with E-state index in [1.807, 2.05) is 38.1 Å². The normalized spacial score (nSPS) is 15.3. The molecule has 1 aliphatic carbocycles. The quantitative estimate of drug-likeness (QED) is 0.574. The molecule has 1 fully saturated rings. The molecule has 7 heteroatoms. The van der Waals surface area contributed by atoms with Crippen LogP contribution < -0.4 is 21.1 Å². The SMILES string of the molecule is CCC(C)C(N)C(=O)NCCc1ccc(OCC(=O)NC2CC2)cc1.Cl. The van der Waals surface area contributed by atoms with Gasteiger partial charge in [0.2, 0.25) is 5.91 Å². The number of amides is 2. The molecule has 2 amide bonds. The van der Waals surface area contributed by atoms with Crippen molar-refractivity contribution in [1.29, 1.82) is 0 Å². The van der Waals surface area contributed by atoms with Crippen LogP contribution in [0.15, 0.2) is 24.3 Å². The summed E-state index contributed by atoms with van der Waals surface area (Å²) in [5.41, 5.74) is 6.99. The zero-order chi connectivity index (χ0) is 18.2. The van der Waals surface area contributed by atoms with Gasteiger partial charge in [0.15, 0.2) is 6.61 Å². The Hall–Kier alpha value is -1.79. The van der Waals surface area contributed by atoms with E-state index in [0.717, 1.165) is 31.2 Å². The van der Waals surface area contributed by atoms with Gasteiger partial charge in [-0.15, -0.1) is 12.4 Å². The fourth-order valence-corrected chi connectivity index (χ4v) is 2.36. The smallest absolute Gasteiger partial charge is 0.258 e. The summed E-state index contributed by atoms with van der Waals surface area (Å²) >= 11 is 0. The molecule has 146 valence electrons. The van der Waals surface area contributed by atoms with Gasteiger partial charge in [0.05, 0.1) is 6.04 Å². The van der Waals surface area contributed by atoms with Crippen molar-refractivity contribution in [2.75, 3.05) is 13.2 Å². The number of benzene rings is 1. The largest absolute Gasteiger partial charge is 0.484 e. The highest BCUT2D eigenvalue weighted by molar-refractivity contribution is 5.85. The topological polar surface area (TPSA) is 93.5 Å². The summed E-state index contributed by atoms with van der Waals surface area (Å²) in [5.74, 6) is 0.661. The molecule has 0 heterocycles. The van der Waals surface area contributed by atoms with Crippen LogP contribution in [-0.2, 0) is 16.0 Å². The van der Waals surface area contributed by atoms with Crippen LogP contribution in [0.4, 0.5) is 0 Å². The van der Waals surface area contributed by atoms with Crippen molar-refractivity contribution in [3.8, 4) is 5.75 Å². The molecule has 2 rings (SSSR count). The summed E-state index contributed by atoms with van der Waals surface area (Å²) in [5, 5.41) is 5.76. The molecule has 2 unspecified atom stereocenters. The van der Waals surface area contributed by atoms with Crippen LogP contribution in [0.5, 0.6) is 5.75 Å². The second-order valence-corrected chi connectivity index (χ2v) is 6.73. The zero-order valence-corrected chi connectivity index (χ0v) is 16.3. The van der Waals surface area contributed by atoms with Crippen molar-refractivity contribution in [1.82, 2.24) is 10.6 Å². The van der Waals surface area contributed by atoms with Gasteiger partial charge < -0.3 is 21.1 Å². The molecule has 1 aliphatic rings. The Bertz CT molecular complexity index is 576. The summed E-state index contributed by atoms with van der Waals surface area (Å²) in [6.45, 7) is 4.59. The first-order chi connectivity index (χ1) is 12.0. The van der Waals surface area contributed by atoms with Crippen LogP contribution in [-0.4, -0.2) is 37.0 Å². The monoisotopic (exact) mass is 383 g/mol. The van der Waals surface area contributed by atoms with Crippen LogP contribution in [0.2, 0.25) is 0 Å². The molecule has 0 aromatic heterocycles. The lowest BCUT2D eigenvalue weighted by Gasteiger charge is -2.17. The number of nitrogens with one attached hydrogen (secondary N) is 2. The summed E-state index contributed by atoms with van der Waals surface area (Å²) in [6, 6.07) is 7.45. The van der Waals surface area contributed by atoms with Crippen LogP contribution >= 0.6 is 12.4 Å². The molecule has 0 bridgehead atoms. The lowest BCUT2D eigenvalue weighted by molar-refractivity contribution is -0.124. The van der Waals surface area contributed by atoms with Crippen molar-refractivity contribution in [2.45, 2.75) is 51.6 Å². The fourth-order valence-electron chi connectivity index (χ4n) is 2.36. The Morgan fingerprint density at radius 2 is 1.92 bits per heavy atom. The Balaban J connectivity index is 0.00000338. The van der Waals surface area contributed by atoms with E-state index >= 15 is 0 Å². The second kappa shape index (κ2) is 11.0. The first-order valence-electron chi connectivity index (χ1n) is 9.04. The van der Waals surface area contributed by atoms with Gasteiger partial charge in [-0.25, -0.2) is 0 Å². The van der Waals surface area contributed by atoms with Gasteiger partial charge in [0.1, 0.15) is 5.75 Å². The number of carbonyl (C=O) groups is 2. The molecule has 26 heavy (non-hydrogen) atoms. The van der Waals surface area contributed by atoms with Gasteiger partial charge in [-0.05, 0) is 42.9 Å². The summed E-state index contributed by atoms with van der Waals surface area (Å²) in [7, 11) is 0. The highest BCUT2D eigenvalue weighted by Crippen LogP contribution is 2.18. The van der Waals surface area contributed by atoms with Crippen LogP contribution in [0, 0.1) is 5.92 Å². The zero-order valence-electron chi connectivity index (χ0n) is 15.5. The van der Waals surface area contributed by atoms with Crippen molar-refractivity contribution in [3.63, 3.8) is 0 Å². The average molecular weight is 384 g/mol. The van der Waals surface area contributed by atoms with Crippen molar-refractivity contribution >= 4 is 24.2 Å². The fraction of sp³-hybridized carbons (Fsp3) is 0.579. The molecule has 0 radical (unpaired) electrons. The summed E-state index contributed by atoms with van der Waals surface area (Å²) < 4.78 is 5.47. The third kappa shape index (κ3) is 7.62.